The van der Waals surface area contributed by atoms with Gasteiger partial charge in [0.25, 0.3) is 0 Å². The highest BCUT2D eigenvalue weighted by atomic mass is 16.5. The molecule has 7 heteroatoms. The molecule has 5 heterocycles. The van der Waals surface area contributed by atoms with E-state index in [0.29, 0.717) is 35.1 Å². The second-order valence-corrected chi connectivity index (χ2v) is 9.15. The number of methoxy groups -OCH3 is 1. The van der Waals surface area contributed by atoms with Crippen molar-refractivity contribution < 1.29 is 9.47 Å². The van der Waals surface area contributed by atoms with E-state index < -0.39 is 0 Å². The first-order valence-electron chi connectivity index (χ1n) is 10.5. The van der Waals surface area contributed by atoms with Gasteiger partial charge in [0.2, 0.25) is 0 Å². The molecule has 0 radical (unpaired) electrons. The summed E-state index contributed by atoms with van der Waals surface area (Å²) < 4.78 is 13.2. The van der Waals surface area contributed by atoms with Crippen LogP contribution in [0.2, 0.25) is 0 Å². The molecule has 6 fully saturated rings. The van der Waals surface area contributed by atoms with Crippen molar-refractivity contribution in [2.75, 3.05) is 32.6 Å². The average molecular weight is 379 g/mol. The van der Waals surface area contributed by atoms with E-state index in [1.54, 1.807) is 7.11 Å². The number of fused-ring (bicyclic) bond motifs is 1. The van der Waals surface area contributed by atoms with Crippen LogP contribution in [-0.2, 0) is 10.2 Å². The number of anilines is 1. The van der Waals surface area contributed by atoms with Crippen molar-refractivity contribution in [3.63, 3.8) is 0 Å². The SMILES string of the molecule is COc1cc(-c2cc([C@@]34C5[C@H]3[C@H]4CN5C3COC3)n(C3CCC3)n2)cnc1N. The van der Waals surface area contributed by atoms with Gasteiger partial charge in [-0.2, -0.15) is 5.10 Å². The molecule has 3 saturated heterocycles. The van der Waals surface area contributed by atoms with Crippen LogP contribution in [0.3, 0.4) is 0 Å². The Labute approximate surface area is 163 Å². The largest absolute Gasteiger partial charge is 0.493 e. The Bertz CT molecular complexity index is 975. The van der Waals surface area contributed by atoms with Gasteiger partial charge < -0.3 is 15.2 Å². The average Bonchev–Trinajstić information content (AvgIpc) is 3.18. The van der Waals surface area contributed by atoms with Gasteiger partial charge in [-0.15, -0.1) is 0 Å². The summed E-state index contributed by atoms with van der Waals surface area (Å²) in [6.45, 7) is 3.07. The Hall–Kier alpha value is -2.12. The molecule has 2 aromatic rings. The maximum absolute atomic E-state index is 5.91. The van der Waals surface area contributed by atoms with E-state index >= 15 is 0 Å². The normalized spacial score (nSPS) is 36.0. The maximum Gasteiger partial charge on any atom is 0.166 e. The molecular formula is C21H25N5O2. The number of hydrogen-bond donors (Lipinski definition) is 1. The summed E-state index contributed by atoms with van der Waals surface area (Å²) in [5.74, 6) is 2.70. The molecule has 146 valence electrons. The van der Waals surface area contributed by atoms with Crippen molar-refractivity contribution >= 4 is 5.82 Å². The van der Waals surface area contributed by atoms with Crippen LogP contribution in [0.4, 0.5) is 5.82 Å². The molecule has 8 rings (SSSR count). The van der Waals surface area contributed by atoms with Gasteiger partial charge in [-0.25, -0.2) is 4.98 Å². The topological polar surface area (TPSA) is 78.4 Å². The number of nitrogens with two attached hydrogens (primary N) is 1. The highest BCUT2D eigenvalue weighted by Crippen LogP contribution is 2.86. The first-order chi connectivity index (χ1) is 13.7. The number of nitrogens with zero attached hydrogens (tertiary/aromatic N) is 4. The van der Waals surface area contributed by atoms with E-state index in [0.717, 1.165) is 36.3 Å². The Morgan fingerprint density at radius 2 is 2.11 bits per heavy atom. The molecule has 7 nitrogen and oxygen atoms in total. The fraction of sp³-hybridized carbons (Fsp3) is 0.619. The smallest absolute Gasteiger partial charge is 0.166 e. The van der Waals surface area contributed by atoms with E-state index in [-0.39, 0.29) is 0 Å². The van der Waals surface area contributed by atoms with E-state index in [2.05, 4.69) is 20.6 Å². The zero-order valence-corrected chi connectivity index (χ0v) is 16.0. The van der Waals surface area contributed by atoms with Crippen LogP contribution in [0.1, 0.15) is 31.0 Å². The number of ether oxygens (including phenoxy) is 2. The fourth-order valence-electron chi connectivity index (χ4n) is 6.16. The molecule has 2 aromatic heterocycles. The number of aromatic nitrogens is 3. The quantitative estimate of drug-likeness (QED) is 0.854. The molecule has 0 spiro atoms. The monoisotopic (exact) mass is 379 g/mol. The van der Waals surface area contributed by atoms with Gasteiger partial charge in [0.1, 0.15) is 0 Å². The minimum absolute atomic E-state index is 0.363. The van der Waals surface area contributed by atoms with Crippen LogP contribution in [-0.4, -0.2) is 58.6 Å². The summed E-state index contributed by atoms with van der Waals surface area (Å²) in [5, 5.41) is 5.08. The first kappa shape index (κ1) is 15.8. The first-order valence-corrected chi connectivity index (χ1v) is 10.5. The van der Waals surface area contributed by atoms with Crippen LogP contribution < -0.4 is 10.5 Å². The van der Waals surface area contributed by atoms with Crippen molar-refractivity contribution in [3.8, 4) is 17.0 Å². The minimum atomic E-state index is 0.363. The van der Waals surface area contributed by atoms with E-state index in [1.807, 2.05) is 12.3 Å². The third kappa shape index (κ3) is 1.74. The number of nitrogen functional groups attached to an aromatic ring is 1. The maximum atomic E-state index is 5.91. The van der Waals surface area contributed by atoms with Gasteiger partial charge in [-0.1, -0.05) is 0 Å². The molecule has 3 aliphatic carbocycles. The lowest BCUT2D eigenvalue weighted by atomic mass is 9.92. The lowest BCUT2D eigenvalue weighted by Gasteiger charge is -2.35. The van der Waals surface area contributed by atoms with E-state index in [4.69, 9.17) is 20.3 Å². The standard InChI is InChI=1S/C21H25N5O2/c1-27-16-5-11(7-23-20(16)22)15-6-17(26(24-15)12-3-2-4-12)21-14-8-25(13-9-28-10-13)19(21)18(14)21/h5-7,12-14,18-19H,2-4,8-10H2,1H3,(H2,22,23)/t14-,18-,19?,21-/m1/s1. The number of hydrogen-bond acceptors (Lipinski definition) is 6. The Balaban J connectivity index is 1.28. The Kier molecular flexibility index (Phi) is 2.86. The van der Waals surface area contributed by atoms with Crippen molar-refractivity contribution in [2.24, 2.45) is 11.8 Å². The van der Waals surface area contributed by atoms with Gasteiger partial charge in [0.15, 0.2) is 11.6 Å². The lowest BCUT2D eigenvalue weighted by Crippen LogP contribution is -2.48. The van der Waals surface area contributed by atoms with Crippen molar-refractivity contribution in [1.82, 2.24) is 19.7 Å². The van der Waals surface area contributed by atoms with Crippen LogP contribution in [0, 0.1) is 11.8 Å². The van der Waals surface area contributed by atoms with Gasteiger partial charge in [0, 0.05) is 35.5 Å². The molecule has 28 heavy (non-hydrogen) atoms. The molecule has 3 aliphatic heterocycles. The molecule has 2 bridgehead atoms. The molecule has 0 amide bonds. The molecule has 0 aromatic carbocycles. The highest BCUT2D eigenvalue weighted by Gasteiger charge is 2.94. The summed E-state index contributed by atoms with van der Waals surface area (Å²) in [4.78, 5) is 7.04. The van der Waals surface area contributed by atoms with Gasteiger partial charge in [0.05, 0.1) is 38.1 Å². The Morgan fingerprint density at radius 3 is 2.75 bits per heavy atom. The zero-order chi connectivity index (χ0) is 18.6. The van der Waals surface area contributed by atoms with Crippen molar-refractivity contribution in [1.29, 1.82) is 0 Å². The molecule has 3 saturated carbocycles. The molecule has 6 aliphatic rings. The second-order valence-electron chi connectivity index (χ2n) is 9.15. The lowest BCUT2D eigenvalue weighted by molar-refractivity contribution is -0.0601. The zero-order valence-electron chi connectivity index (χ0n) is 16.0. The van der Waals surface area contributed by atoms with Crippen molar-refractivity contribution in [3.05, 3.63) is 24.0 Å². The van der Waals surface area contributed by atoms with Crippen LogP contribution >= 0.6 is 0 Å². The number of rotatable bonds is 5. The van der Waals surface area contributed by atoms with Crippen LogP contribution in [0.5, 0.6) is 5.75 Å². The summed E-state index contributed by atoms with van der Waals surface area (Å²) in [5.41, 5.74) is 9.71. The summed E-state index contributed by atoms with van der Waals surface area (Å²) in [6, 6.07) is 6.21. The van der Waals surface area contributed by atoms with Crippen LogP contribution in [0.15, 0.2) is 18.3 Å². The minimum Gasteiger partial charge on any atom is -0.493 e. The highest BCUT2D eigenvalue weighted by molar-refractivity contribution is 5.66. The summed E-state index contributed by atoms with van der Waals surface area (Å²) in [6.07, 6.45) is 5.61. The Morgan fingerprint density at radius 1 is 1.25 bits per heavy atom. The predicted octanol–water partition coefficient (Wildman–Crippen LogP) is 1.84. The van der Waals surface area contributed by atoms with Gasteiger partial charge in [-0.05, 0) is 43.2 Å². The van der Waals surface area contributed by atoms with Crippen LogP contribution in [0.25, 0.3) is 11.3 Å². The fourth-order valence-corrected chi connectivity index (χ4v) is 6.16. The summed E-state index contributed by atoms with van der Waals surface area (Å²) >= 11 is 0. The van der Waals surface area contributed by atoms with Gasteiger partial charge >= 0.3 is 0 Å². The van der Waals surface area contributed by atoms with E-state index in [9.17, 15) is 0 Å². The summed E-state index contributed by atoms with van der Waals surface area (Å²) in [7, 11) is 1.63. The predicted molar refractivity (Wildman–Crippen MR) is 103 cm³/mol. The molecule has 4 atom stereocenters. The number of pyridine rings is 1. The van der Waals surface area contributed by atoms with E-state index in [1.165, 1.54) is 31.5 Å². The number of piperidine rings is 1. The second kappa shape index (κ2) is 5.07. The van der Waals surface area contributed by atoms with Crippen molar-refractivity contribution in [2.45, 2.75) is 42.8 Å². The molecular weight excluding hydrogens is 354 g/mol. The molecule has 2 N–H and O–H groups in total. The molecule has 1 unspecified atom stereocenters. The van der Waals surface area contributed by atoms with Gasteiger partial charge in [-0.3, -0.25) is 9.58 Å². The third-order valence-electron chi connectivity index (χ3n) is 8.06. The third-order valence-corrected chi connectivity index (χ3v) is 8.06.